The summed E-state index contributed by atoms with van der Waals surface area (Å²) in [5, 5.41) is 11.5. The topological polar surface area (TPSA) is 69.0 Å². The molecule has 0 unspecified atom stereocenters. The fraction of sp³-hybridized carbons (Fsp3) is 0.348. The Morgan fingerprint density at radius 1 is 1.09 bits per heavy atom. The smallest absolute Gasteiger partial charge is 0.234 e. The van der Waals surface area contributed by atoms with Crippen molar-refractivity contribution in [3.63, 3.8) is 0 Å². The Morgan fingerprint density at radius 2 is 1.91 bits per heavy atom. The number of ether oxygens (including phenoxy) is 1. The SMILES string of the molecule is CCn1c(COc2ccc3c(c2)CCCC3)nnc1SCC(=O)Nc1ccc(F)c(F)c1. The summed E-state index contributed by atoms with van der Waals surface area (Å²) < 4.78 is 34.2. The van der Waals surface area contributed by atoms with Gasteiger partial charge in [0.2, 0.25) is 5.91 Å². The Kier molecular flexibility index (Phi) is 7.04. The van der Waals surface area contributed by atoms with E-state index in [0.29, 0.717) is 17.5 Å². The van der Waals surface area contributed by atoms with Crippen LogP contribution in [0.2, 0.25) is 0 Å². The molecule has 2 aromatic carbocycles. The highest BCUT2D eigenvalue weighted by Crippen LogP contribution is 2.26. The van der Waals surface area contributed by atoms with Crippen LogP contribution in [0.15, 0.2) is 41.6 Å². The number of halogens is 2. The van der Waals surface area contributed by atoms with Gasteiger partial charge in [-0.05, 0) is 68.0 Å². The first-order chi connectivity index (χ1) is 15.5. The van der Waals surface area contributed by atoms with Gasteiger partial charge in [-0.3, -0.25) is 4.79 Å². The van der Waals surface area contributed by atoms with E-state index in [1.807, 2.05) is 17.6 Å². The fourth-order valence-corrected chi connectivity index (χ4v) is 4.52. The maximum atomic E-state index is 13.3. The van der Waals surface area contributed by atoms with Crippen molar-refractivity contribution in [3.05, 3.63) is 65.0 Å². The van der Waals surface area contributed by atoms with E-state index in [1.165, 1.54) is 41.8 Å². The van der Waals surface area contributed by atoms with E-state index in [0.717, 1.165) is 30.7 Å². The molecule has 32 heavy (non-hydrogen) atoms. The second-order valence-electron chi connectivity index (χ2n) is 7.54. The molecule has 3 aromatic rings. The number of aromatic nitrogens is 3. The number of carbonyl (C=O) groups excluding carboxylic acids is 1. The van der Waals surface area contributed by atoms with Gasteiger partial charge in [0.1, 0.15) is 12.4 Å². The van der Waals surface area contributed by atoms with Gasteiger partial charge in [-0.1, -0.05) is 17.8 Å². The summed E-state index contributed by atoms with van der Waals surface area (Å²) in [5.74, 6) is -0.769. The fourth-order valence-electron chi connectivity index (χ4n) is 3.70. The molecule has 1 amide bonds. The Bertz CT molecular complexity index is 1120. The molecule has 0 spiro atoms. The Balaban J connectivity index is 1.34. The van der Waals surface area contributed by atoms with Gasteiger partial charge in [0.15, 0.2) is 22.6 Å². The lowest BCUT2D eigenvalue weighted by Gasteiger charge is -2.16. The molecule has 0 atom stereocenters. The highest BCUT2D eigenvalue weighted by Gasteiger charge is 2.15. The number of nitrogens with one attached hydrogen (secondary N) is 1. The Morgan fingerprint density at radius 3 is 2.69 bits per heavy atom. The second-order valence-corrected chi connectivity index (χ2v) is 8.48. The molecule has 168 valence electrons. The van der Waals surface area contributed by atoms with Crippen LogP contribution in [0.5, 0.6) is 5.75 Å². The molecule has 1 aromatic heterocycles. The minimum Gasteiger partial charge on any atom is -0.486 e. The predicted octanol–water partition coefficient (Wildman–Crippen LogP) is 4.76. The summed E-state index contributed by atoms with van der Waals surface area (Å²) in [6.07, 6.45) is 4.67. The normalized spacial score (nSPS) is 13.0. The average molecular weight is 459 g/mol. The number of thioether (sulfide) groups is 1. The number of hydrogen-bond acceptors (Lipinski definition) is 5. The van der Waals surface area contributed by atoms with E-state index < -0.39 is 11.6 Å². The van der Waals surface area contributed by atoms with Crippen molar-refractivity contribution in [2.75, 3.05) is 11.1 Å². The van der Waals surface area contributed by atoms with E-state index in [2.05, 4.69) is 27.6 Å². The number of anilines is 1. The van der Waals surface area contributed by atoms with Crippen molar-refractivity contribution in [3.8, 4) is 5.75 Å². The molecular weight excluding hydrogens is 434 g/mol. The Labute approximate surface area is 189 Å². The van der Waals surface area contributed by atoms with Gasteiger partial charge in [0.25, 0.3) is 0 Å². The first-order valence-corrected chi connectivity index (χ1v) is 11.6. The number of carbonyl (C=O) groups is 1. The summed E-state index contributed by atoms with van der Waals surface area (Å²) in [4.78, 5) is 12.2. The minimum absolute atomic E-state index is 0.0583. The molecular formula is C23H24F2N4O2S. The molecule has 4 rings (SSSR count). The molecule has 1 N–H and O–H groups in total. The molecule has 6 nitrogen and oxygen atoms in total. The van der Waals surface area contributed by atoms with Crippen molar-refractivity contribution in [1.82, 2.24) is 14.8 Å². The first kappa shape index (κ1) is 22.3. The van der Waals surface area contributed by atoms with Crippen molar-refractivity contribution < 1.29 is 18.3 Å². The number of nitrogens with zero attached hydrogens (tertiary/aromatic N) is 3. The van der Waals surface area contributed by atoms with E-state index in [1.54, 1.807) is 0 Å². The van der Waals surface area contributed by atoms with E-state index in [-0.39, 0.29) is 24.0 Å². The zero-order chi connectivity index (χ0) is 22.5. The molecule has 1 heterocycles. The summed E-state index contributed by atoms with van der Waals surface area (Å²) in [5.41, 5.74) is 2.96. The van der Waals surface area contributed by atoms with Crippen LogP contribution in [0.1, 0.15) is 36.7 Å². The average Bonchev–Trinajstić information content (AvgIpc) is 3.20. The number of amides is 1. The van der Waals surface area contributed by atoms with Crippen LogP contribution < -0.4 is 10.1 Å². The maximum absolute atomic E-state index is 13.3. The molecule has 0 bridgehead atoms. The molecule has 9 heteroatoms. The number of fused-ring (bicyclic) bond motifs is 1. The lowest BCUT2D eigenvalue weighted by Crippen LogP contribution is -2.15. The number of benzene rings is 2. The van der Waals surface area contributed by atoms with Gasteiger partial charge in [-0.2, -0.15) is 0 Å². The Hall–Kier alpha value is -2.94. The second kappa shape index (κ2) is 10.1. The molecule has 0 aliphatic heterocycles. The molecule has 1 aliphatic carbocycles. The van der Waals surface area contributed by atoms with Crippen molar-refractivity contribution in [2.24, 2.45) is 0 Å². The standard InChI is InChI=1S/C23H24F2N4O2S/c1-2-29-21(13-31-18-9-7-15-5-3-4-6-16(15)11-18)27-28-23(29)32-14-22(30)26-17-8-10-19(24)20(25)12-17/h7-12H,2-6,13-14H2,1H3,(H,26,30). The monoisotopic (exact) mass is 458 g/mol. The number of rotatable bonds is 8. The van der Waals surface area contributed by atoms with E-state index in [9.17, 15) is 13.6 Å². The minimum atomic E-state index is -1.01. The lowest BCUT2D eigenvalue weighted by atomic mass is 9.92. The maximum Gasteiger partial charge on any atom is 0.234 e. The zero-order valence-electron chi connectivity index (χ0n) is 17.7. The van der Waals surface area contributed by atoms with Gasteiger partial charge >= 0.3 is 0 Å². The lowest BCUT2D eigenvalue weighted by molar-refractivity contribution is -0.113. The van der Waals surface area contributed by atoms with Crippen molar-refractivity contribution in [1.29, 1.82) is 0 Å². The summed E-state index contributed by atoms with van der Waals surface area (Å²) in [6.45, 7) is 2.88. The van der Waals surface area contributed by atoms with Gasteiger partial charge in [-0.25, -0.2) is 8.78 Å². The quantitative estimate of drug-likeness (QED) is 0.493. The first-order valence-electron chi connectivity index (χ1n) is 10.6. The third kappa shape index (κ3) is 5.27. The van der Waals surface area contributed by atoms with Crippen LogP contribution in [0.4, 0.5) is 14.5 Å². The van der Waals surface area contributed by atoms with Crippen molar-refractivity contribution >= 4 is 23.4 Å². The highest BCUT2D eigenvalue weighted by molar-refractivity contribution is 7.99. The number of aryl methyl sites for hydroxylation is 2. The van der Waals surface area contributed by atoms with Crippen LogP contribution in [0.3, 0.4) is 0 Å². The van der Waals surface area contributed by atoms with Gasteiger partial charge in [0.05, 0.1) is 5.75 Å². The molecule has 1 aliphatic rings. The molecule has 0 fully saturated rings. The van der Waals surface area contributed by atoms with Crippen LogP contribution in [-0.2, 0) is 30.8 Å². The third-order valence-corrected chi connectivity index (χ3v) is 6.30. The third-order valence-electron chi connectivity index (χ3n) is 5.33. The van der Waals surface area contributed by atoms with Crippen LogP contribution in [0, 0.1) is 11.6 Å². The predicted molar refractivity (Wildman–Crippen MR) is 119 cm³/mol. The highest BCUT2D eigenvalue weighted by atomic mass is 32.2. The largest absolute Gasteiger partial charge is 0.486 e. The van der Waals surface area contributed by atoms with Crippen LogP contribution >= 0.6 is 11.8 Å². The van der Waals surface area contributed by atoms with Crippen LogP contribution in [0.25, 0.3) is 0 Å². The zero-order valence-corrected chi connectivity index (χ0v) is 18.6. The molecule has 0 saturated heterocycles. The van der Waals surface area contributed by atoms with Gasteiger partial charge in [0, 0.05) is 18.3 Å². The summed E-state index contributed by atoms with van der Waals surface area (Å²) in [7, 11) is 0. The van der Waals surface area contributed by atoms with Gasteiger partial charge in [-0.15, -0.1) is 10.2 Å². The van der Waals surface area contributed by atoms with E-state index >= 15 is 0 Å². The summed E-state index contributed by atoms with van der Waals surface area (Å²) in [6, 6.07) is 9.48. The van der Waals surface area contributed by atoms with E-state index in [4.69, 9.17) is 4.74 Å². The summed E-state index contributed by atoms with van der Waals surface area (Å²) >= 11 is 1.22. The molecule has 0 radical (unpaired) electrons. The van der Waals surface area contributed by atoms with Crippen LogP contribution in [-0.4, -0.2) is 26.4 Å². The molecule has 0 saturated carbocycles. The van der Waals surface area contributed by atoms with Gasteiger partial charge < -0.3 is 14.6 Å². The van der Waals surface area contributed by atoms with Crippen molar-refractivity contribution in [2.45, 2.75) is 50.9 Å². The number of hydrogen-bond donors (Lipinski definition) is 1.